The van der Waals surface area contributed by atoms with E-state index in [0.29, 0.717) is 13.0 Å². The molecule has 6 heteroatoms. The molecule has 0 bridgehead atoms. The molecule has 0 radical (unpaired) electrons. The Morgan fingerprint density at radius 1 is 1.53 bits per heavy atom. The molecule has 2 aromatic rings. The van der Waals surface area contributed by atoms with Crippen molar-refractivity contribution in [1.29, 1.82) is 0 Å². The third-order valence-corrected chi connectivity index (χ3v) is 4.84. The summed E-state index contributed by atoms with van der Waals surface area (Å²) in [6.07, 6.45) is 0.430. The predicted molar refractivity (Wildman–Crippen MR) is 78.7 cm³/mol. The van der Waals surface area contributed by atoms with Gasteiger partial charge in [0.15, 0.2) is 5.12 Å². The Kier molecular flexibility index (Phi) is 3.28. The summed E-state index contributed by atoms with van der Waals surface area (Å²) in [4.78, 5) is 29.2. The van der Waals surface area contributed by atoms with Gasteiger partial charge in [0, 0.05) is 30.8 Å². The van der Waals surface area contributed by atoms with Gasteiger partial charge in [0.2, 0.25) is 5.91 Å². The summed E-state index contributed by atoms with van der Waals surface area (Å²) in [6.45, 7) is 2.14. The number of nitrogens with zero attached hydrogens (tertiary/aromatic N) is 2. The fourth-order valence-corrected chi connectivity index (χ4v) is 3.83. The predicted octanol–water partition coefficient (Wildman–Crippen LogP) is 2.68. The van der Waals surface area contributed by atoms with Crippen molar-refractivity contribution in [3.63, 3.8) is 0 Å². The first-order valence-electron chi connectivity index (χ1n) is 5.94. The quantitative estimate of drug-likeness (QED) is 0.854. The highest BCUT2D eigenvalue weighted by Crippen LogP contribution is 2.30. The molecule has 1 fully saturated rings. The number of amides is 1. The summed E-state index contributed by atoms with van der Waals surface area (Å²) in [5, 5.41) is 0.130. The average molecular weight is 292 g/mol. The molecule has 3 rings (SSSR count). The highest BCUT2D eigenvalue weighted by molar-refractivity contribution is 8.14. The molecule has 0 N–H and O–H groups in total. The fourth-order valence-electron chi connectivity index (χ4n) is 2.25. The lowest BCUT2D eigenvalue weighted by Crippen LogP contribution is -2.24. The highest BCUT2D eigenvalue weighted by atomic mass is 32.2. The van der Waals surface area contributed by atoms with E-state index in [1.54, 1.807) is 28.7 Å². The van der Waals surface area contributed by atoms with Crippen LogP contribution in [0.1, 0.15) is 13.3 Å². The Balaban J connectivity index is 1.85. The van der Waals surface area contributed by atoms with Crippen LogP contribution in [0.5, 0.6) is 0 Å². The van der Waals surface area contributed by atoms with Crippen molar-refractivity contribution < 1.29 is 9.59 Å². The normalized spacial score (nSPS) is 19.3. The molecule has 19 heavy (non-hydrogen) atoms. The molecule has 4 nitrogen and oxygen atoms in total. The lowest BCUT2D eigenvalue weighted by molar-refractivity contribution is -0.117. The number of carbonyl (C=O) groups excluding carboxylic acids is 2. The third-order valence-electron chi connectivity index (χ3n) is 3.05. The monoisotopic (exact) mass is 292 g/mol. The molecule has 0 spiro atoms. The van der Waals surface area contributed by atoms with Crippen LogP contribution in [0, 0.1) is 0 Å². The maximum Gasteiger partial charge on any atom is 0.228 e. The van der Waals surface area contributed by atoms with Crippen molar-refractivity contribution in [3.8, 4) is 0 Å². The van der Waals surface area contributed by atoms with E-state index in [2.05, 4.69) is 4.98 Å². The number of benzene rings is 1. The molecule has 1 saturated heterocycles. The van der Waals surface area contributed by atoms with Gasteiger partial charge in [0.1, 0.15) is 0 Å². The van der Waals surface area contributed by atoms with Crippen molar-refractivity contribution in [2.75, 3.05) is 11.4 Å². The Morgan fingerprint density at radius 3 is 3.16 bits per heavy atom. The topological polar surface area (TPSA) is 50.3 Å². The van der Waals surface area contributed by atoms with Crippen molar-refractivity contribution >= 4 is 50.0 Å². The number of anilines is 1. The maximum atomic E-state index is 12.0. The summed E-state index contributed by atoms with van der Waals surface area (Å²) in [5.41, 5.74) is 3.59. The van der Waals surface area contributed by atoms with Gasteiger partial charge in [-0.15, -0.1) is 11.3 Å². The molecule has 1 unspecified atom stereocenters. The SMILES string of the molecule is CC(=O)SC1CC(=O)N(c2ccc3scnc3c2)C1. The summed E-state index contributed by atoms with van der Waals surface area (Å²) in [7, 11) is 0. The number of thiazole rings is 1. The zero-order valence-corrected chi connectivity index (χ0v) is 12.0. The van der Waals surface area contributed by atoms with Crippen LogP contribution in [0.25, 0.3) is 10.2 Å². The number of hydrogen-bond acceptors (Lipinski definition) is 5. The lowest BCUT2D eigenvalue weighted by atomic mass is 10.3. The Labute approximate surface area is 118 Å². The summed E-state index contributed by atoms with van der Waals surface area (Å²) >= 11 is 2.84. The molecule has 0 saturated carbocycles. The first-order chi connectivity index (χ1) is 9.13. The van der Waals surface area contributed by atoms with E-state index in [1.807, 2.05) is 18.2 Å². The zero-order valence-electron chi connectivity index (χ0n) is 10.3. The van der Waals surface area contributed by atoms with E-state index >= 15 is 0 Å². The fraction of sp³-hybridized carbons (Fsp3) is 0.308. The first kappa shape index (κ1) is 12.6. The van der Waals surface area contributed by atoms with Crippen LogP contribution in [0.3, 0.4) is 0 Å². The minimum absolute atomic E-state index is 0.0644. The van der Waals surface area contributed by atoms with E-state index < -0.39 is 0 Å². The van der Waals surface area contributed by atoms with E-state index in [1.165, 1.54) is 11.8 Å². The van der Waals surface area contributed by atoms with Gasteiger partial charge in [-0.25, -0.2) is 4.98 Å². The molecule has 2 heterocycles. The Hall–Kier alpha value is -1.40. The van der Waals surface area contributed by atoms with Gasteiger partial charge in [-0.05, 0) is 18.2 Å². The van der Waals surface area contributed by atoms with E-state index in [0.717, 1.165) is 15.9 Å². The molecular weight excluding hydrogens is 280 g/mol. The number of fused-ring (bicyclic) bond motifs is 1. The second-order valence-corrected chi connectivity index (χ2v) is 6.81. The van der Waals surface area contributed by atoms with Gasteiger partial charge in [0.05, 0.1) is 15.7 Å². The molecule has 1 amide bonds. The molecular formula is C13H12N2O2S2. The van der Waals surface area contributed by atoms with Gasteiger partial charge >= 0.3 is 0 Å². The number of thioether (sulfide) groups is 1. The Bertz CT molecular complexity index is 653. The van der Waals surface area contributed by atoms with E-state index in [-0.39, 0.29) is 16.3 Å². The van der Waals surface area contributed by atoms with Gasteiger partial charge < -0.3 is 4.90 Å². The summed E-state index contributed by atoms with van der Waals surface area (Å²) in [5.74, 6) is 0.0772. The van der Waals surface area contributed by atoms with Crippen LogP contribution in [0.4, 0.5) is 5.69 Å². The minimum Gasteiger partial charge on any atom is -0.311 e. The first-order valence-corrected chi connectivity index (χ1v) is 7.70. The van der Waals surface area contributed by atoms with Crippen LogP contribution >= 0.6 is 23.1 Å². The van der Waals surface area contributed by atoms with E-state index in [4.69, 9.17) is 0 Å². The number of aromatic nitrogens is 1. The molecule has 98 valence electrons. The largest absolute Gasteiger partial charge is 0.311 e. The summed E-state index contributed by atoms with van der Waals surface area (Å²) < 4.78 is 1.12. The van der Waals surface area contributed by atoms with Gasteiger partial charge in [-0.2, -0.15) is 0 Å². The van der Waals surface area contributed by atoms with Gasteiger partial charge in [0.25, 0.3) is 0 Å². The van der Waals surface area contributed by atoms with Gasteiger partial charge in [-0.1, -0.05) is 11.8 Å². The molecule has 1 aliphatic rings. The van der Waals surface area contributed by atoms with Crippen molar-refractivity contribution in [2.24, 2.45) is 0 Å². The second kappa shape index (κ2) is 4.94. The van der Waals surface area contributed by atoms with Crippen LogP contribution < -0.4 is 4.90 Å². The molecule has 0 aliphatic carbocycles. The van der Waals surface area contributed by atoms with Crippen molar-refractivity contribution in [1.82, 2.24) is 4.98 Å². The van der Waals surface area contributed by atoms with Crippen LogP contribution in [-0.4, -0.2) is 27.8 Å². The van der Waals surface area contributed by atoms with Crippen molar-refractivity contribution in [2.45, 2.75) is 18.6 Å². The standard InChI is InChI=1S/C13H12N2O2S2/c1-8(16)19-10-5-13(17)15(6-10)9-2-3-12-11(4-9)14-7-18-12/h2-4,7,10H,5-6H2,1H3. The molecule has 1 atom stereocenters. The second-order valence-electron chi connectivity index (χ2n) is 4.44. The minimum atomic E-state index is 0.0644. The third kappa shape index (κ3) is 2.50. The zero-order chi connectivity index (χ0) is 13.4. The van der Waals surface area contributed by atoms with Crippen LogP contribution in [0.15, 0.2) is 23.7 Å². The van der Waals surface area contributed by atoms with Crippen molar-refractivity contribution in [3.05, 3.63) is 23.7 Å². The van der Waals surface area contributed by atoms with E-state index in [9.17, 15) is 9.59 Å². The highest BCUT2D eigenvalue weighted by Gasteiger charge is 2.31. The maximum absolute atomic E-state index is 12.0. The van der Waals surface area contributed by atoms with Crippen LogP contribution in [0.2, 0.25) is 0 Å². The molecule has 1 aromatic carbocycles. The van der Waals surface area contributed by atoms with Crippen LogP contribution in [-0.2, 0) is 9.59 Å². The number of rotatable bonds is 2. The number of carbonyl (C=O) groups is 2. The molecule has 1 aliphatic heterocycles. The molecule has 1 aromatic heterocycles. The Morgan fingerprint density at radius 2 is 2.37 bits per heavy atom. The average Bonchev–Trinajstić information content (AvgIpc) is 2.93. The summed E-state index contributed by atoms with van der Waals surface area (Å²) in [6, 6.07) is 5.87. The lowest BCUT2D eigenvalue weighted by Gasteiger charge is -2.16. The van der Waals surface area contributed by atoms with Gasteiger partial charge in [-0.3, -0.25) is 9.59 Å². The number of hydrogen-bond donors (Lipinski definition) is 0. The smallest absolute Gasteiger partial charge is 0.228 e.